The highest BCUT2D eigenvalue weighted by Crippen LogP contribution is 2.58. The third-order valence-corrected chi connectivity index (χ3v) is 11.1. The Balaban J connectivity index is 1.12. The van der Waals surface area contributed by atoms with Gasteiger partial charge in [-0.1, -0.05) is 146 Å². The van der Waals surface area contributed by atoms with E-state index in [0.717, 1.165) is 28.0 Å². The molecule has 0 unspecified atom stereocenters. The van der Waals surface area contributed by atoms with Crippen molar-refractivity contribution in [1.29, 1.82) is 0 Å². The molecule has 2 aromatic heterocycles. The topological polar surface area (TPSA) is 29.0 Å². The summed E-state index contributed by atoms with van der Waals surface area (Å²) in [6.07, 6.45) is 5.58. The van der Waals surface area contributed by atoms with Gasteiger partial charge in [-0.25, -0.2) is 0 Å². The minimum Gasteiger partial charge on any atom is -0.310 e. The second-order valence-corrected chi connectivity index (χ2v) is 14.1. The van der Waals surface area contributed by atoms with Crippen LogP contribution in [-0.2, 0) is 0 Å². The molecule has 256 valence electrons. The summed E-state index contributed by atoms with van der Waals surface area (Å²) < 4.78 is 0. The number of pyridine rings is 2. The molecule has 11 rings (SSSR count). The fourth-order valence-corrected chi connectivity index (χ4v) is 8.85. The summed E-state index contributed by atoms with van der Waals surface area (Å²) in [7, 11) is 0. The van der Waals surface area contributed by atoms with E-state index in [-0.39, 0.29) is 0 Å². The molecule has 0 aliphatic heterocycles. The standard InChI is InChI=1S/C52H33N3/c1-3-12-35(13-4-1)48-41-16-7-8-17-42(41)49(36-14-5-2-6-15-36)52-45-27-26-39(40-19-11-20-44(50(40)45)51(48)52)34-22-24-37(25-23-34)55(38-28-31-53-32-29-38)47-30-33-54-46-21-10-9-18-43(46)47/h1-33H. The molecule has 0 fully saturated rings. The van der Waals surface area contributed by atoms with Gasteiger partial charge in [-0.3, -0.25) is 9.97 Å². The van der Waals surface area contributed by atoms with Crippen LogP contribution in [0.4, 0.5) is 17.1 Å². The average molecular weight is 700 g/mol. The maximum atomic E-state index is 4.65. The summed E-state index contributed by atoms with van der Waals surface area (Å²) in [4.78, 5) is 11.3. The van der Waals surface area contributed by atoms with Crippen molar-refractivity contribution in [3.63, 3.8) is 0 Å². The first-order valence-electron chi connectivity index (χ1n) is 18.7. The van der Waals surface area contributed by atoms with Crippen molar-refractivity contribution in [1.82, 2.24) is 9.97 Å². The van der Waals surface area contributed by atoms with E-state index in [9.17, 15) is 0 Å². The van der Waals surface area contributed by atoms with E-state index in [0.29, 0.717) is 0 Å². The Labute approximate surface area is 319 Å². The molecular formula is C52H33N3. The van der Waals surface area contributed by atoms with Crippen LogP contribution < -0.4 is 4.90 Å². The lowest BCUT2D eigenvalue weighted by molar-refractivity contribution is 1.24. The average Bonchev–Trinajstić information content (AvgIpc) is 3.59. The zero-order valence-corrected chi connectivity index (χ0v) is 29.9. The van der Waals surface area contributed by atoms with Crippen molar-refractivity contribution in [2.45, 2.75) is 0 Å². The highest BCUT2D eigenvalue weighted by molar-refractivity contribution is 6.28. The molecule has 0 bridgehead atoms. The maximum absolute atomic E-state index is 4.65. The van der Waals surface area contributed by atoms with Crippen LogP contribution in [0.3, 0.4) is 0 Å². The summed E-state index contributed by atoms with van der Waals surface area (Å²) in [5, 5.41) is 6.20. The molecule has 0 spiro atoms. The van der Waals surface area contributed by atoms with Crippen molar-refractivity contribution < 1.29 is 0 Å². The van der Waals surface area contributed by atoms with E-state index in [1.165, 1.54) is 77.2 Å². The molecule has 0 saturated heterocycles. The normalized spacial score (nSPS) is 11.6. The monoisotopic (exact) mass is 699 g/mol. The molecule has 0 radical (unpaired) electrons. The Hall–Kier alpha value is -7.36. The van der Waals surface area contributed by atoms with Gasteiger partial charge in [-0.15, -0.1) is 0 Å². The van der Waals surface area contributed by atoms with Crippen LogP contribution in [0.2, 0.25) is 0 Å². The fraction of sp³-hybridized carbons (Fsp3) is 0. The predicted molar refractivity (Wildman–Crippen MR) is 230 cm³/mol. The van der Waals surface area contributed by atoms with E-state index in [1.54, 1.807) is 0 Å². The summed E-state index contributed by atoms with van der Waals surface area (Å²) >= 11 is 0. The molecule has 3 heteroatoms. The first-order valence-corrected chi connectivity index (χ1v) is 18.7. The van der Waals surface area contributed by atoms with Gasteiger partial charge in [0.25, 0.3) is 0 Å². The largest absolute Gasteiger partial charge is 0.310 e. The zero-order valence-electron chi connectivity index (χ0n) is 29.9. The van der Waals surface area contributed by atoms with Crippen molar-refractivity contribution in [2.75, 3.05) is 4.90 Å². The Bertz CT molecular complexity index is 2970. The second kappa shape index (κ2) is 12.6. The van der Waals surface area contributed by atoms with Gasteiger partial charge in [-0.05, 0) is 114 Å². The Morgan fingerprint density at radius 3 is 1.55 bits per heavy atom. The zero-order chi connectivity index (χ0) is 36.3. The molecule has 1 aliphatic rings. The van der Waals surface area contributed by atoms with E-state index < -0.39 is 0 Å². The number of anilines is 3. The SMILES string of the molecule is c1ccc(-c2c3c(c(-c4ccccc4)c4ccccc24)-c2ccc(-c4ccc(N(c5ccncc5)c5ccnc6ccccc56)cc4)c4cccc-3c24)cc1. The molecule has 55 heavy (non-hydrogen) atoms. The predicted octanol–water partition coefficient (Wildman–Crippen LogP) is 14.1. The van der Waals surface area contributed by atoms with Gasteiger partial charge in [0.2, 0.25) is 0 Å². The Morgan fingerprint density at radius 2 is 0.873 bits per heavy atom. The summed E-state index contributed by atoms with van der Waals surface area (Å²) in [6.45, 7) is 0. The highest BCUT2D eigenvalue weighted by Gasteiger charge is 2.31. The number of nitrogens with zero attached hydrogens (tertiary/aromatic N) is 3. The maximum Gasteiger partial charge on any atom is 0.0723 e. The molecule has 0 amide bonds. The lowest BCUT2D eigenvalue weighted by atomic mass is 9.82. The van der Waals surface area contributed by atoms with Gasteiger partial charge < -0.3 is 4.90 Å². The number of para-hydroxylation sites is 1. The van der Waals surface area contributed by atoms with E-state index >= 15 is 0 Å². The number of hydrogen-bond donors (Lipinski definition) is 0. The summed E-state index contributed by atoms with van der Waals surface area (Å²) in [6, 6.07) is 65.8. The van der Waals surface area contributed by atoms with Crippen LogP contribution in [0.1, 0.15) is 0 Å². The lowest BCUT2D eigenvalue weighted by Gasteiger charge is -2.26. The number of hydrogen-bond acceptors (Lipinski definition) is 3. The van der Waals surface area contributed by atoms with Crippen LogP contribution in [0, 0.1) is 0 Å². The van der Waals surface area contributed by atoms with Crippen LogP contribution in [0.15, 0.2) is 201 Å². The summed E-state index contributed by atoms with van der Waals surface area (Å²) in [5.41, 5.74) is 16.8. The van der Waals surface area contributed by atoms with Gasteiger partial charge in [0, 0.05) is 35.4 Å². The third kappa shape index (κ3) is 4.91. The first kappa shape index (κ1) is 31.2. The van der Waals surface area contributed by atoms with Gasteiger partial charge in [0.05, 0.1) is 11.2 Å². The van der Waals surface area contributed by atoms with Crippen LogP contribution >= 0.6 is 0 Å². The molecule has 10 aromatic rings. The smallest absolute Gasteiger partial charge is 0.0723 e. The van der Waals surface area contributed by atoms with Crippen LogP contribution in [-0.4, -0.2) is 9.97 Å². The van der Waals surface area contributed by atoms with Gasteiger partial charge in [0.15, 0.2) is 0 Å². The molecule has 3 nitrogen and oxygen atoms in total. The minimum absolute atomic E-state index is 0.961. The second-order valence-electron chi connectivity index (χ2n) is 14.1. The van der Waals surface area contributed by atoms with Crippen LogP contribution in [0.25, 0.3) is 88.1 Å². The lowest BCUT2D eigenvalue weighted by Crippen LogP contribution is -2.10. The Kier molecular flexibility index (Phi) is 7.17. The number of fused-ring (bicyclic) bond motifs is 5. The highest BCUT2D eigenvalue weighted by atomic mass is 15.1. The van der Waals surface area contributed by atoms with Crippen LogP contribution in [0.5, 0.6) is 0 Å². The molecule has 8 aromatic carbocycles. The van der Waals surface area contributed by atoms with Crippen molar-refractivity contribution >= 4 is 49.5 Å². The third-order valence-electron chi connectivity index (χ3n) is 11.1. The molecule has 0 N–H and O–H groups in total. The fourth-order valence-electron chi connectivity index (χ4n) is 8.85. The van der Waals surface area contributed by atoms with Crippen molar-refractivity contribution in [3.8, 4) is 55.6 Å². The van der Waals surface area contributed by atoms with Gasteiger partial charge in [-0.2, -0.15) is 0 Å². The number of rotatable bonds is 6. The minimum atomic E-state index is 0.961. The van der Waals surface area contributed by atoms with Crippen molar-refractivity contribution in [3.05, 3.63) is 201 Å². The first-order chi connectivity index (χ1) is 27.3. The van der Waals surface area contributed by atoms with Crippen molar-refractivity contribution in [2.24, 2.45) is 0 Å². The quantitative estimate of drug-likeness (QED) is 0.173. The molecule has 0 saturated carbocycles. The Morgan fingerprint density at radius 1 is 0.327 bits per heavy atom. The molecule has 2 heterocycles. The van der Waals surface area contributed by atoms with Gasteiger partial charge in [0.1, 0.15) is 0 Å². The van der Waals surface area contributed by atoms with E-state index in [1.807, 2.05) is 24.7 Å². The van der Waals surface area contributed by atoms with Gasteiger partial charge >= 0.3 is 0 Å². The van der Waals surface area contributed by atoms with E-state index in [4.69, 9.17) is 0 Å². The number of benzene rings is 8. The number of aromatic nitrogens is 2. The molecule has 1 aliphatic carbocycles. The molecular weight excluding hydrogens is 667 g/mol. The van der Waals surface area contributed by atoms with E-state index in [2.05, 4.69) is 191 Å². The summed E-state index contributed by atoms with van der Waals surface area (Å²) in [5.74, 6) is 0. The molecule has 0 atom stereocenters.